The van der Waals surface area contributed by atoms with Crippen molar-refractivity contribution in [3.8, 4) is 0 Å². The standard InChI is InChI=1S/C8H5F2I2NO2/c1-15-8(14)3-2-4(11)5(6(9)10)13-7(3)12/h2,6H,1H3. The summed E-state index contributed by atoms with van der Waals surface area (Å²) in [4.78, 5) is 14.9. The quantitative estimate of drug-likeness (QED) is 0.405. The second kappa shape index (κ2) is 5.32. The molecule has 82 valence electrons. The highest BCUT2D eigenvalue weighted by Crippen LogP contribution is 2.25. The average Bonchev–Trinajstić information content (AvgIpc) is 2.19. The second-order valence-corrected chi connectivity index (χ2v) is 4.67. The summed E-state index contributed by atoms with van der Waals surface area (Å²) in [6.07, 6.45) is -2.64. The Kier molecular flexibility index (Phi) is 4.62. The highest BCUT2D eigenvalue weighted by Gasteiger charge is 2.19. The van der Waals surface area contributed by atoms with Crippen molar-refractivity contribution in [3.05, 3.63) is 24.6 Å². The van der Waals surface area contributed by atoms with Crippen LogP contribution in [-0.4, -0.2) is 18.1 Å². The van der Waals surface area contributed by atoms with Crippen molar-refractivity contribution in [2.75, 3.05) is 7.11 Å². The van der Waals surface area contributed by atoms with Gasteiger partial charge in [-0.25, -0.2) is 18.6 Å². The van der Waals surface area contributed by atoms with Crippen LogP contribution in [0.2, 0.25) is 0 Å². The topological polar surface area (TPSA) is 39.2 Å². The molecule has 15 heavy (non-hydrogen) atoms. The molecule has 0 fully saturated rings. The third-order valence-electron chi connectivity index (χ3n) is 1.57. The van der Waals surface area contributed by atoms with Crippen LogP contribution in [0.4, 0.5) is 8.78 Å². The minimum Gasteiger partial charge on any atom is -0.465 e. The van der Waals surface area contributed by atoms with Crippen molar-refractivity contribution >= 4 is 51.2 Å². The van der Waals surface area contributed by atoms with E-state index in [1.54, 1.807) is 45.2 Å². The zero-order valence-electron chi connectivity index (χ0n) is 7.43. The summed E-state index contributed by atoms with van der Waals surface area (Å²) in [5.74, 6) is -0.578. The molecule has 0 N–H and O–H groups in total. The first kappa shape index (κ1) is 13.0. The molecule has 1 aromatic heterocycles. The Morgan fingerprint density at radius 3 is 2.60 bits per heavy atom. The molecule has 1 rings (SSSR count). The van der Waals surface area contributed by atoms with Crippen LogP contribution in [0.25, 0.3) is 0 Å². The van der Waals surface area contributed by atoms with Crippen LogP contribution in [0.3, 0.4) is 0 Å². The maximum atomic E-state index is 12.4. The van der Waals surface area contributed by atoms with Crippen molar-refractivity contribution in [3.63, 3.8) is 0 Å². The number of halogens is 4. The fraction of sp³-hybridized carbons (Fsp3) is 0.250. The smallest absolute Gasteiger partial charge is 0.340 e. The van der Waals surface area contributed by atoms with E-state index in [0.717, 1.165) is 0 Å². The van der Waals surface area contributed by atoms with Crippen LogP contribution in [0.1, 0.15) is 22.5 Å². The molecule has 0 aromatic carbocycles. The highest BCUT2D eigenvalue weighted by atomic mass is 127. The van der Waals surface area contributed by atoms with Gasteiger partial charge in [0.2, 0.25) is 0 Å². The Balaban J connectivity index is 3.25. The first-order valence-corrected chi connectivity index (χ1v) is 5.85. The van der Waals surface area contributed by atoms with E-state index in [1.165, 1.54) is 13.2 Å². The van der Waals surface area contributed by atoms with E-state index >= 15 is 0 Å². The molecule has 0 aliphatic heterocycles. The van der Waals surface area contributed by atoms with Crippen LogP contribution in [0.15, 0.2) is 6.07 Å². The lowest BCUT2D eigenvalue weighted by molar-refractivity contribution is 0.0598. The first-order valence-electron chi connectivity index (χ1n) is 3.69. The number of carbonyl (C=O) groups is 1. The molecule has 1 aromatic rings. The molecular formula is C8H5F2I2NO2. The lowest BCUT2D eigenvalue weighted by Gasteiger charge is -2.06. The van der Waals surface area contributed by atoms with E-state index in [1.807, 2.05) is 0 Å². The van der Waals surface area contributed by atoms with Crippen LogP contribution >= 0.6 is 45.2 Å². The van der Waals surface area contributed by atoms with E-state index in [0.29, 0.717) is 0 Å². The van der Waals surface area contributed by atoms with Gasteiger partial charge in [-0.05, 0) is 51.2 Å². The Hall–Kier alpha value is -0.0600. The summed E-state index contributed by atoms with van der Waals surface area (Å²) in [6.45, 7) is 0. The van der Waals surface area contributed by atoms with Crippen molar-refractivity contribution in [1.29, 1.82) is 0 Å². The summed E-state index contributed by atoms with van der Waals surface area (Å²) in [5.41, 5.74) is -0.112. The summed E-state index contributed by atoms with van der Waals surface area (Å²) >= 11 is 3.44. The van der Waals surface area contributed by atoms with Gasteiger partial charge in [-0.15, -0.1) is 0 Å². The number of aromatic nitrogens is 1. The summed E-state index contributed by atoms with van der Waals surface area (Å²) in [5, 5.41) is 0. The lowest BCUT2D eigenvalue weighted by atomic mass is 10.2. The van der Waals surface area contributed by atoms with Crippen molar-refractivity contribution in [2.45, 2.75) is 6.43 Å². The van der Waals surface area contributed by atoms with Gasteiger partial charge >= 0.3 is 5.97 Å². The molecule has 0 saturated carbocycles. The van der Waals surface area contributed by atoms with E-state index in [4.69, 9.17) is 0 Å². The molecule has 1 heterocycles. The van der Waals surface area contributed by atoms with Gasteiger partial charge in [0.15, 0.2) is 0 Å². The van der Waals surface area contributed by atoms with E-state index in [9.17, 15) is 13.6 Å². The lowest BCUT2D eigenvalue weighted by Crippen LogP contribution is -2.08. The van der Waals surface area contributed by atoms with Crippen molar-refractivity contribution in [1.82, 2.24) is 4.98 Å². The van der Waals surface area contributed by atoms with E-state index in [2.05, 4.69) is 9.72 Å². The molecule has 3 nitrogen and oxygen atoms in total. The predicted molar refractivity (Wildman–Crippen MR) is 66.0 cm³/mol. The van der Waals surface area contributed by atoms with Crippen LogP contribution < -0.4 is 0 Å². The van der Waals surface area contributed by atoms with E-state index < -0.39 is 12.4 Å². The van der Waals surface area contributed by atoms with Gasteiger partial charge in [0.05, 0.1) is 12.7 Å². The number of rotatable bonds is 2. The number of nitrogens with zero attached hydrogens (tertiary/aromatic N) is 1. The minimum atomic E-state index is -2.64. The highest BCUT2D eigenvalue weighted by molar-refractivity contribution is 14.1. The summed E-state index contributed by atoms with van der Waals surface area (Å²) in [6, 6.07) is 1.35. The second-order valence-electron chi connectivity index (χ2n) is 2.49. The first-order chi connectivity index (χ1) is 6.97. The molecule has 0 aliphatic rings. The maximum absolute atomic E-state index is 12.4. The van der Waals surface area contributed by atoms with Gasteiger partial charge in [-0.2, -0.15) is 0 Å². The van der Waals surface area contributed by atoms with Crippen molar-refractivity contribution in [2.24, 2.45) is 0 Å². The molecule has 0 bridgehead atoms. The fourth-order valence-corrected chi connectivity index (χ4v) is 2.19. The number of pyridine rings is 1. The number of ether oxygens (including phenoxy) is 1. The molecule has 0 atom stereocenters. The average molecular weight is 439 g/mol. The zero-order valence-corrected chi connectivity index (χ0v) is 11.7. The number of hydrogen-bond acceptors (Lipinski definition) is 3. The molecule has 0 aliphatic carbocycles. The van der Waals surface area contributed by atoms with Gasteiger partial charge < -0.3 is 4.74 Å². The zero-order chi connectivity index (χ0) is 11.6. The number of hydrogen-bond donors (Lipinski definition) is 0. The Morgan fingerprint density at radius 2 is 2.13 bits per heavy atom. The van der Waals surface area contributed by atoms with Crippen LogP contribution in [0, 0.1) is 7.27 Å². The molecular weight excluding hydrogens is 434 g/mol. The molecule has 0 spiro atoms. The monoisotopic (exact) mass is 439 g/mol. The van der Waals surface area contributed by atoms with E-state index in [-0.39, 0.29) is 18.5 Å². The van der Waals surface area contributed by atoms with Gasteiger partial charge in [-0.3, -0.25) is 0 Å². The molecule has 7 heteroatoms. The van der Waals surface area contributed by atoms with Gasteiger partial charge in [0.1, 0.15) is 9.39 Å². The fourth-order valence-electron chi connectivity index (χ4n) is 0.886. The SMILES string of the molecule is COC(=O)c1cc(I)c(C(F)F)nc1I. The normalized spacial score (nSPS) is 10.5. The van der Waals surface area contributed by atoms with Crippen LogP contribution in [-0.2, 0) is 4.74 Å². The predicted octanol–water partition coefficient (Wildman–Crippen LogP) is 3.02. The minimum absolute atomic E-state index is 0.201. The van der Waals surface area contributed by atoms with Gasteiger partial charge in [0, 0.05) is 3.57 Å². The number of alkyl halides is 2. The largest absolute Gasteiger partial charge is 0.465 e. The van der Waals surface area contributed by atoms with Gasteiger partial charge in [-0.1, -0.05) is 0 Å². The van der Waals surface area contributed by atoms with Crippen LogP contribution in [0.5, 0.6) is 0 Å². The number of methoxy groups -OCH3 is 1. The van der Waals surface area contributed by atoms with Gasteiger partial charge in [0.25, 0.3) is 6.43 Å². The third-order valence-corrected chi connectivity index (χ3v) is 3.25. The summed E-state index contributed by atoms with van der Waals surface area (Å²) < 4.78 is 29.8. The molecule has 0 radical (unpaired) electrons. The Bertz CT molecular complexity index is 398. The Morgan fingerprint density at radius 1 is 1.53 bits per heavy atom. The molecule has 0 amide bonds. The maximum Gasteiger partial charge on any atom is 0.340 e. The summed E-state index contributed by atoms with van der Waals surface area (Å²) in [7, 11) is 1.23. The molecule has 0 unspecified atom stereocenters. The number of carbonyl (C=O) groups excluding carboxylic acids is 1. The van der Waals surface area contributed by atoms with Crippen molar-refractivity contribution < 1.29 is 18.3 Å². The number of esters is 1. The molecule has 0 saturated heterocycles. The third kappa shape index (κ3) is 2.95. The Labute approximate surface area is 112 Å².